The lowest BCUT2D eigenvalue weighted by atomic mass is 9.99. The molecule has 5 rings (SSSR count). The molecule has 0 radical (unpaired) electrons. The van der Waals surface area contributed by atoms with Gasteiger partial charge in [0.15, 0.2) is 12.2 Å². The molecule has 0 amide bonds. The molecule has 1 saturated heterocycles. The summed E-state index contributed by atoms with van der Waals surface area (Å²) in [6.07, 6.45) is -5.15. The maximum absolute atomic E-state index is 13.2. The summed E-state index contributed by atoms with van der Waals surface area (Å²) < 4.78 is 23.5. The van der Waals surface area contributed by atoms with Crippen LogP contribution in [0.25, 0.3) is 0 Å². The second kappa shape index (κ2) is 14.2. The maximum Gasteiger partial charge on any atom is 0.338 e. The van der Waals surface area contributed by atoms with Crippen LogP contribution in [0.3, 0.4) is 0 Å². The first-order valence-electron chi connectivity index (χ1n) is 13.7. The molecule has 1 heterocycles. The molecule has 0 spiro atoms. The topological polar surface area (TPSA) is 108 Å². The van der Waals surface area contributed by atoms with E-state index in [9.17, 15) is 19.5 Å². The van der Waals surface area contributed by atoms with Gasteiger partial charge in [0, 0.05) is 4.90 Å². The van der Waals surface area contributed by atoms with Crippen molar-refractivity contribution in [3.63, 3.8) is 0 Å². The zero-order valence-corrected chi connectivity index (χ0v) is 24.1. The third-order valence-corrected chi connectivity index (χ3v) is 7.95. The molecule has 0 bridgehead atoms. The molecule has 9 heteroatoms. The molecular weight excluding hydrogens is 568 g/mol. The summed E-state index contributed by atoms with van der Waals surface area (Å²) in [7, 11) is 0. The Morgan fingerprint density at radius 1 is 0.674 bits per heavy atom. The molecule has 1 N–H and O–H groups in total. The summed E-state index contributed by atoms with van der Waals surface area (Å²) in [5, 5.41) is 11.5. The molecule has 1 aliphatic rings. The highest BCUT2D eigenvalue weighted by Gasteiger charge is 2.50. The van der Waals surface area contributed by atoms with Crippen LogP contribution in [-0.2, 0) is 18.9 Å². The fraction of sp³-hybridized carbons (Fsp3) is 0.206. The van der Waals surface area contributed by atoms with Gasteiger partial charge in [0.25, 0.3) is 0 Å². The molecule has 1 aliphatic heterocycles. The second-order valence-electron chi connectivity index (χ2n) is 9.90. The van der Waals surface area contributed by atoms with Crippen LogP contribution in [-0.4, -0.2) is 59.5 Å². The van der Waals surface area contributed by atoms with Gasteiger partial charge in [-0.25, -0.2) is 14.4 Å². The third-order valence-electron chi connectivity index (χ3n) is 6.78. The van der Waals surface area contributed by atoms with E-state index in [2.05, 4.69) is 0 Å². The molecule has 4 aromatic carbocycles. The second-order valence-corrected chi connectivity index (χ2v) is 11.1. The maximum atomic E-state index is 13.2. The highest BCUT2D eigenvalue weighted by molar-refractivity contribution is 7.99. The highest BCUT2D eigenvalue weighted by atomic mass is 32.2. The van der Waals surface area contributed by atoms with Crippen molar-refractivity contribution in [2.75, 3.05) is 6.61 Å². The minimum absolute atomic E-state index is 0.251. The Labute approximate surface area is 253 Å². The van der Waals surface area contributed by atoms with Crippen LogP contribution in [0.15, 0.2) is 120 Å². The lowest BCUT2D eigenvalue weighted by Gasteiger charge is -2.43. The first-order chi connectivity index (χ1) is 20.9. The van der Waals surface area contributed by atoms with E-state index in [-0.39, 0.29) is 17.7 Å². The third kappa shape index (κ3) is 7.70. The van der Waals surface area contributed by atoms with Gasteiger partial charge in [-0.05, 0) is 55.5 Å². The minimum Gasteiger partial charge on any atom is -0.459 e. The van der Waals surface area contributed by atoms with E-state index in [0.717, 1.165) is 10.5 Å². The summed E-state index contributed by atoms with van der Waals surface area (Å²) in [5.41, 5.74) is 0.936. The lowest BCUT2D eigenvalue weighted by molar-refractivity contribution is -0.206. The molecular formula is C34H30O8S. The SMILES string of the molecule is Cc1ccc(SC2OC(COC(=O)c3ccccc3)C(OC(=O)c3ccccc3)C(OC(=O)c3ccccc3)C2O)cc1. The minimum atomic E-state index is -1.41. The van der Waals surface area contributed by atoms with Gasteiger partial charge in [-0.2, -0.15) is 0 Å². The van der Waals surface area contributed by atoms with Crippen LogP contribution in [0.4, 0.5) is 0 Å². The van der Waals surface area contributed by atoms with E-state index >= 15 is 0 Å². The van der Waals surface area contributed by atoms with Crippen molar-refractivity contribution in [2.24, 2.45) is 0 Å². The Morgan fingerprint density at radius 2 is 1.14 bits per heavy atom. The van der Waals surface area contributed by atoms with Crippen molar-refractivity contribution >= 4 is 29.7 Å². The lowest BCUT2D eigenvalue weighted by Crippen LogP contribution is -2.60. The standard InChI is InChI=1S/C34H30O8S/c1-22-17-19-26(20-18-22)43-34-28(35)30(42-33(38)25-15-9-4-10-16-25)29(41-32(37)24-13-7-3-8-14-24)27(40-34)21-39-31(36)23-11-5-2-6-12-23/h2-20,27-30,34-35H,21H2,1H3. The average molecular weight is 599 g/mol. The number of benzene rings is 4. The fourth-order valence-electron chi connectivity index (χ4n) is 4.50. The molecule has 43 heavy (non-hydrogen) atoms. The van der Waals surface area contributed by atoms with Gasteiger partial charge in [-0.15, -0.1) is 0 Å². The van der Waals surface area contributed by atoms with Crippen molar-refractivity contribution in [1.29, 1.82) is 0 Å². The van der Waals surface area contributed by atoms with Gasteiger partial charge >= 0.3 is 17.9 Å². The smallest absolute Gasteiger partial charge is 0.338 e. The van der Waals surface area contributed by atoms with E-state index in [1.54, 1.807) is 91.0 Å². The van der Waals surface area contributed by atoms with E-state index in [0.29, 0.717) is 5.56 Å². The van der Waals surface area contributed by atoms with Crippen molar-refractivity contribution in [1.82, 2.24) is 0 Å². The van der Waals surface area contributed by atoms with Gasteiger partial charge in [0.2, 0.25) is 0 Å². The number of aliphatic hydroxyl groups is 1. The van der Waals surface area contributed by atoms with E-state index in [4.69, 9.17) is 18.9 Å². The molecule has 4 aromatic rings. The monoisotopic (exact) mass is 598 g/mol. The fourth-order valence-corrected chi connectivity index (χ4v) is 5.55. The molecule has 1 fully saturated rings. The number of carbonyl (C=O) groups excluding carboxylic acids is 3. The van der Waals surface area contributed by atoms with Crippen LogP contribution in [0, 0.1) is 6.92 Å². The van der Waals surface area contributed by atoms with Gasteiger partial charge in [-0.1, -0.05) is 84.1 Å². The summed E-state index contributed by atoms with van der Waals surface area (Å²) in [6, 6.07) is 32.6. The molecule has 0 aliphatic carbocycles. The number of rotatable bonds is 9. The Hall–Kier alpha value is -4.44. The predicted molar refractivity (Wildman–Crippen MR) is 160 cm³/mol. The van der Waals surface area contributed by atoms with Crippen molar-refractivity contribution < 1.29 is 38.4 Å². The van der Waals surface area contributed by atoms with Crippen LogP contribution in [0.1, 0.15) is 36.6 Å². The first-order valence-corrected chi connectivity index (χ1v) is 14.6. The number of ether oxygens (including phenoxy) is 4. The quantitative estimate of drug-likeness (QED) is 0.198. The summed E-state index contributed by atoms with van der Waals surface area (Å²) in [5.74, 6) is -2.04. The van der Waals surface area contributed by atoms with Crippen molar-refractivity contribution in [3.05, 3.63) is 138 Å². The van der Waals surface area contributed by atoms with E-state index < -0.39 is 47.8 Å². The Bertz CT molecular complexity index is 1510. The van der Waals surface area contributed by atoms with Crippen LogP contribution < -0.4 is 0 Å². The molecule has 0 aromatic heterocycles. The molecule has 0 saturated carbocycles. The number of hydrogen-bond acceptors (Lipinski definition) is 9. The highest BCUT2D eigenvalue weighted by Crippen LogP contribution is 2.36. The van der Waals surface area contributed by atoms with E-state index in [1.165, 1.54) is 11.8 Å². The van der Waals surface area contributed by atoms with Crippen molar-refractivity contribution in [2.45, 2.75) is 41.7 Å². The van der Waals surface area contributed by atoms with Gasteiger partial charge in [0.05, 0.1) is 16.7 Å². The zero-order valence-electron chi connectivity index (χ0n) is 23.3. The Morgan fingerprint density at radius 3 is 1.65 bits per heavy atom. The molecule has 5 unspecified atom stereocenters. The number of aliphatic hydroxyl groups excluding tert-OH is 1. The number of esters is 3. The largest absolute Gasteiger partial charge is 0.459 e. The predicted octanol–water partition coefficient (Wildman–Crippen LogP) is 5.48. The number of carbonyl (C=O) groups is 3. The van der Waals surface area contributed by atoms with Crippen LogP contribution >= 0.6 is 11.8 Å². The van der Waals surface area contributed by atoms with E-state index in [1.807, 2.05) is 31.2 Å². The molecule has 5 atom stereocenters. The van der Waals surface area contributed by atoms with Crippen LogP contribution in [0.5, 0.6) is 0 Å². The van der Waals surface area contributed by atoms with Gasteiger partial charge in [-0.3, -0.25) is 0 Å². The summed E-state index contributed by atoms with van der Waals surface area (Å²) in [4.78, 5) is 40.1. The van der Waals surface area contributed by atoms with Gasteiger partial charge < -0.3 is 24.1 Å². The first kappa shape index (κ1) is 30.0. The van der Waals surface area contributed by atoms with Crippen LogP contribution in [0.2, 0.25) is 0 Å². The molecule has 220 valence electrons. The van der Waals surface area contributed by atoms with Crippen molar-refractivity contribution in [3.8, 4) is 0 Å². The number of thioether (sulfide) groups is 1. The summed E-state index contributed by atoms with van der Waals surface area (Å²) in [6.45, 7) is 1.62. The molecule has 8 nitrogen and oxygen atoms in total. The average Bonchev–Trinajstić information content (AvgIpc) is 3.05. The number of aryl methyl sites for hydroxylation is 1. The number of hydrogen-bond donors (Lipinski definition) is 1. The Balaban J connectivity index is 1.46. The zero-order chi connectivity index (χ0) is 30.2. The normalized spacial score (nSPS) is 21.4. The van der Waals surface area contributed by atoms with Gasteiger partial charge in [0.1, 0.15) is 24.3 Å². The Kier molecular flexibility index (Phi) is 9.88. The summed E-state index contributed by atoms with van der Waals surface area (Å²) >= 11 is 1.22.